The Kier molecular flexibility index (Phi) is 7.26. The number of allylic oxidation sites excluding steroid dienone is 1. The predicted octanol–water partition coefficient (Wildman–Crippen LogP) is 7.39. The molecule has 0 aliphatic heterocycles. The lowest BCUT2D eigenvalue weighted by Crippen LogP contribution is -2.38. The molecule has 4 nitrogen and oxygen atoms in total. The van der Waals surface area contributed by atoms with E-state index in [9.17, 15) is 4.79 Å². The topological polar surface area (TPSA) is 59.3 Å². The van der Waals surface area contributed by atoms with Gasteiger partial charge in [0.2, 0.25) is 5.78 Å². The number of rotatable bonds is 9. The summed E-state index contributed by atoms with van der Waals surface area (Å²) in [5.74, 6) is -0.167. The number of benzene rings is 4. The molecule has 0 saturated heterocycles. The Labute approximate surface area is 223 Å². The van der Waals surface area contributed by atoms with Crippen LogP contribution in [0.3, 0.4) is 0 Å². The van der Waals surface area contributed by atoms with Crippen molar-refractivity contribution in [3.63, 3.8) is 0 Å². The number of para-hydroxylation sites is 1. The van der Waals surface area contributed by atoms with E-state index < -0.39 is 12.7 Å². The zero-order valence-corrected chi connectivity index (χ0v) is 21.9. The van der Waals surface area contributed by atoms with Gasteiger partial charge in [-0.25, -0.2) is 0 Å². The number of nitrogens with one attached hydrogen (secondary N) is 1. The molecule has 5 heteroatoms. The summed E-state index contributed by atoms with van der Waals surface area (Å²) in [6, 6.07) is 41.6. The molecule has 5 aromatic rings. The summed E-state index contributed by atoms with van der Waals surface area (Å²) in [4.78, 5) is 13.6. The molecule has 1 atom stereocenters. The first-order valence-corrected chi connectivity index (χ1v) is 14.1. The van der Waals surface area contributed by atoms with E-state index in [1.54, 1.807) is 12.1 Å². The van der Waals surface area contributed by atoms with Crippen LogP contribution in [0.1, 0.15) is 23.0 Å². The third-order valence-corrected chi connectivity index (χ3v) is 9.95. The lowest BCUT2D eigenvalue weighted by Gasteiger charge is -2.39. The number of carbonyl (C=O) groups excluding carboxylic acids is 1. The van der Waals surface area contributed by atoms with Crippen LogP contribution < -0.4 is 15.9 Å². The van der Waals surface area contributed by atoms with Gasteiger partial charge < -0.3 is 14.3 Å². The molecule has 188 valence electrons. The highest BCUT2D eigenvalue weighted by atomic mass is 31.2. The van der Waals surface area contributed by atoms with Gasteiger partial charge in [0.15, 0.2) is 12.9 Å². The van der Waals surface area contributed by atoms with Crippen molar-refractivity contribution in [2.24, 2.45) is 0 Å². The van der Waals surface area contributed by atoms with Crippen molar-refractivity contribution in [3.8, 4) is 0 Å². The van der Waals surface area contributed by atoms with Gasteiger partial charge in [0, 0.05) is 21.6 Å². The molecule has 0 amide bonds. The summed E-state index contributed by atoms with van der Waals surface area (Å²) < 4.78 is 21.2. The summed E-state index contributed by atoms with van der Waals surface area (Å²) in [6.45, 7) is 1.98. The Bertz CT molecular complexity index is 1520. The van der Waals surface area contributed by atoms with Gasteiger partial charge >= 0.3 is 0 Å². The summed E-state index contributed by atoms with van der Waals surface area (Å²) in [6.07, 6.45) is 2.97. The molecule has 0 aliphatic carbocycles. The maximum Gasteiger partial charge on any atom is 0.221 e. The summed E-state index contributed by atoms with van der Waals surface area (Å²) >= 11 is 0. The average Bonchev–Trinajstić information content (AvgIpc) is 3.53. The third kappa shape index (κ3) is 4.91. The minimum atomic E-state index is -3.58. The first kappa shape index (κ1) is 25.3. The van der Waals surface area contributed by atoms with E-state index in [0.717, 1.165) is 11.3 Å². The van der Waals surface area contributed by atoms with Gasteiger partial charge in [-0.15, -0.1) is 0 Å². The molecule has 1 aromatic heterocycles. The van der Waals surface area contributed by atoms with Crippen LogP contribution in [0.15, 0.2) is 156 Å². The van der Waals surface area contributed by atoms with Gasteiger partial charge in [0.25, 0.3) is 0 Å². The number of carbonyl (C=O) groups is 1. The first-order chi connectivity index (χ1) is 18.5. The van der Waals surface area contributed by atoms with Gasteiger partial charge in [0.1, 0.15) is 0 Å². The van der Waals surface area contributed by atoms with Crippen LogP contribution in [-0.4, -0.2) is 5.78 Å². The number of hydrogen-bond acceptors (Lipinski definition) is 4. The van der Waals surface area contributed by atoms with Crippen LogP contribution in [0.4, 0.5) is 5.69 Å². The summed E-state index contributed by atoms with van der Waals surface area (Å²) in [5, 5.41) is 5.38. The highest BCUT2D eigenvalue weighted by Crippen LogP contribution is 2.59. The number of hydrogen-bond donors (Lipinski definition) is 1. The van der Waals surface area contributed by atoms with Crippen molar-refractivity contribution < 1.29 is 13.8 Å². The van der Waals surface area contributed by atoms with Gasteiger partial charge in [-0.2, -0.15) is 0 Å². The number of furan rings is 1. The van der Waals surface area contributed by atoms with Crippen LogP contribution in [-0.2, 0) is 10.1 Å². The molecule has 4 aromatic carbocycles. The van der Waals surface area contributed by atoms with E-state index in [1.165, 1.54) is 12.3 Å². The second-order valence-electron chi connectivity index (χ2n) is 9.13. The molecular weight excluding hydrogens is 489 g/mol. The Morgan fingerprint density at radius 1 is 0.711 bits per heavy atom. The molecule has 1 heterocycles. The molecule has 1 unspecified atom stereocenters. The highest BCUT2D eigenvalue weighted by molar-refractivity contribution is 7.82. The van der Waals surface area contributed by atoms with Crippen molar-refractivity contribution in [1.82, 2.24) is 0 Å². The van der Waals surface area contributed by atoms with E-state index >= 15 is 4.57 Å². The van der Waals surface area contributed by atoms with Crippen LogP contribution in [0.25, 0.3) is 0 Å². The predicted molar refractivity (Wildman–Crippen MR) is 155 cm³/mol. The van der Waals surface area contributed by atoms with E-state index in [0.29, 0.717) is 15.9 Å². The van der Waals surface area contributed by atoms with Crippen molar-refractivity contribution in [2.75, 3.05) is 5.32 Å². The molecule has 0 bridgehead atoms. The molecule has 38 heavy (non-hydrogen) atoms. The minimum absolute atomic E-state index is 0.185. The minimum Gasteiger partial charge on any atom is -0.461 e. The lowest BCUT2D eigenvalue weighted by molar-refractivity contribution is 0.102. The van der Waals surface area contributed by atoms with Gasteiger partial charge in [-0.3, -0.25) is 4.79 Å². The zero-order valence-electron chi connectivity index (χ0n) is 21.0. The molecular formula is C33H28NO3P. The quantitative estimate of drug-likeness (QED) is 0.126. The Balaban J connectivity index is 1.85. The second kappa shape index (κ2) is 10.9. The third-order valence-electron chi connectivity index (χ3n) is 6.64. The highest BCUT2D eigenvalue weighted by Gasteiger charge is 2.44. The molecule has 0 radical (unpaired) electrons. The number of ketones is 1. The monoisotopic (exact) mass is 517 g/mol. The average molecular weight is 518 g/mol. The number of anilines is 1. The smallest absolute Gasteiger partial charge is 0.221 e. The molecule has 0 spiro atoms. The zero-order chi connectivity index (χ0) is 26.4. The Hall–Kier alpha value is -4.40. The SMILES string of the molecule is CC(Nc1ccccc1)(/C(=C/C(=O)c1ccco1)P(=O)(c1ccccc1)c1ccccc1)c1ccccc1. The fourth-order valence-electron chi connectivity index (χ4n) is 4.73. The van der Waals surface area contributed by atoms with Crippen molar-refractivity contribution in [1.29, 1.82) is 0 Å². The first-order valence-electron chi connectivity index (χ1n) is 12.4. The lowest BCUT2D eigenvalue weighted by atomic mass is 9.90. The van der Waals surface area contributed by atoms with E-state index in [-0.39, 0.29) is 11.5 Å². The van der Waals surface area contributed by atoms with E-state index in [2.05, 4.69) is 5.32 Å². The van der Waals surface area contributed by atoms with Crippen molar-refractivity contribution in [2.45, 2.75) is 12.5 Å². The molecule has 1 N–H and O–H groups in total. The second-order valence-corrected chi connectivity index (χ2v) is 11.9. The summed E-state index contributed by atoms with van der Waals surface area (Å²) in [7, 11) is -3.58. The van der Waals surface area contributed by atoms with Gasteiger partial charge in [-0.1, -0.05) is 109 Å². The Morgan fingerprint density at radius 3 is 1.71 bits per heavy atom. The van der Waals surface area contributed by atoms with Gasteiger partial charge in [-0.05, 0) is 42.8 Å². The van der Waals surface area contributed by atoms with Crippen molar-refractivity contribution in [3.05, 3.63) is 162 Å². The van der Waals surface area contributed by atoms with Crippen LogP contribution in [0, 0.1) is 0 Å². The fourth-order valence-corrected chi connectivity index (χ4v) is 7.89. The fraction of sp³-hybridized carbons (Fsp3) is 0.0606. The standard InChI is InChI=1S/C33H28NO3P/c1-33(26-15-6-2-7-16-26,34-27-17-8-3-9-18-27)32(25-30(35)31-23-14-24-37-31)38(36,28-19-10-4-11-20-28)29-21-12-5-13-22-29/h2-25,34H,1H3/b32-25-. The normalized spacial score (nSPS) is 13.4. The molecule has 0 aliphatic rings. The summed E-state index contributed by atoms with van der Waals surface area (Å²) in [5.41, 5.74) is 0.670. The Morgan fingerprint density at radius 2 is 1.21 bits per heavy atom. The molecule has 0 saturated carbocycles. The maximum atomic E-state index is 15.7. The van der Waals surface area contributed by atoms with Crippen molar-refractivity contribution >= 4 is 29.2 Å². The van der Waals surface area contributed by atoms with E-state index in [1.807, 2.05) is 128 Å². The van der Waals surface area contributed by atoms with Gasteiger partial charge in [0.05, 0.1) is 11.8 Å². The molecule has 0 fully saturated rings. The largest absolute Gasteiger partial charge is 0.461 e. The maximum absolute atomic E-state index is 15.7. The van der Waals surface area contributed by atoms with Crippen LogP contribution >= 0.6 is 7.14 Å². The van der Waals surface area contributed by atoms with Crippen LogP contribution in [0.5, 0.6) is 0 Å². The van der Waals surface area contributed by atoms with E-state index in [4.69, 9.17) is 4.42 Å². The molecule has 5 rings (SSSR count). The van der Waals surface area contributed by atoms with Crippen LogP contribution in [0.2, 0.25) is 0 Å².